The Bertz CT molecular complexity index is 1250. The second kappa shape index (κ2) is 7.95. The van der Waals surface area contributed by atoms with E-state index in [1.54, 1.807) is 49.4 Å². The third-order valence-corrected chi connectivity index (χ3v) is 6.64. The number of hydrogen-bond donors (Lipinski definition) is 1. The van der Waals surface area contributed by atoms with Crippen LogP contribution in [-0.4, -0.2) is 33.0 Å². The summed E-state index contributed by atoms with van der Waals surface area (Å²) < 4.78 is 28.5. The fraction of sp³-hybridized carbons (Fsp3) is 0.360. The molecule has 4 rings (SSSR count). The van der Waals surface area contributed by atoms with Crippen LogP contribution in [0.1, 0.15) is 30.1 Å². The Morgan fingerprint density at radius 1 is 0.912 bits per heavy atom. The number of fused-ring (bicyclic) bond motifs is 2. The molecule has 0 saturated carbocycles. The number of nitrogens with one attached hydrogen (secondary N) is 1. The maximum absolute atomic E-state index is 10.6. The summed E-state index contributed by atoms with van der Waals surface area (Å²) in [7, 11) is 4.42. The van der Waals surface area contributed by atoms with E-state index in [1.807, 2.05) is 12.1 Å². The van der Waals surface area contributed by atoms with Crippen LogP contribution in [0.25, 0.3) is 0 Å². The van der Waals surface area contributed by atoms with Crippen molar-refractivity contribution in [2.24, 2.45) is 10.8 Å². The molecule has 0 amide bonds. The summed E-state index contributed by atoms with van der Waals surface area (Å²) in [5.74, 6) is -1.82. The van der Waals surface area contributed by atoms with Gasteiger partial charge in [0.15, 0.2) is 5.41 Å². The maximum Gasteiger partial charge on any atom is 0.219 e. The lowest BCUT2D eigenvalue weighted by Gasteiger charge is -2.49. The van der Waals surface area contributed by atoms with Crippen LogP contribution in [0.15, 0.2) is 42.5 Å². The first kappa shape index (κ1) is 22.9. The minimum absolute atomic E-state index is 0.377. The van der Waals surface area contributed by atoms with Gasteiger partial charge in [-0.25, -0.2) is 0 Å². The number of methoxy groups -OCH3 is 3. The zero-order chi connectivity index (χ0) is 24.7. The van der Waals surface area contributed by atoms with Gasteiger partial charge >= 0.3 is 0 Å². The van der Waals surface area contributed by atoms with Crippen molar-refractivity contribution < 1.29 is 23.7 Å². The molecule has 2 fully saturated rings. The normalized spacial score (nSPS) is 28.6. The van der Waals surface area contributed by atoms with E-state index in [0.29, 0.717) is 28.4 Å². The van der Waals surface area contributed by atoms with E-state index in [0.717, 1.165) is 0 Å². The topological polar surface area (TPSA) is 141 Å². The van der Waals surface area contributed by atoms with E-state index >= 15 is 0 Å². The highest BCUT2D eigenvalue weighted by molar-refractivity contribution is 5.90. The number of nitrogens with zero attached hydrogens (tertiary/aromatic N) is 3. The first-order chi connectivity index (χ1) is 16.3. The standard InChI is InChI=1S/C25H22N4O5/c1-23-20(18-7-5-6-8-19(18)32-4)25(14-28,22(29)34-23)24(12-26,13-27)21(33-23)15-9-16(30-2)11-17(10-15)31-3/h5-11,20-21,29H,1-4H3. The molecule has 0 spiro atoms. The Morgan fingerprint density at radius 2 is 1.53 bits per heavy atom. The highest BCUT2D eigenvalue weighted by Gasteiger charge is 2.80. The zero-order valence-electron chi connectivity index (χ0n) is 19.1. The van der Waals surface area contributed by atoms with Gasteiger partial charge in [0.1, 0.15) is 23.4 Å². The van der Waals surface area contributed by atoms with Gasteiger partial charge in [0.25, 0.3) is 0 Å². The van der Waals surface area contributed by atoms with Crippen LogP contribution in [0.2, 0.25) is 0 Å². The van der Waals surface area contributed by atoms with Gasteiger partial charge in [-0.15, -0.1) is 0 Å². The molecule has 0 aromatic heterocycles. The number of ether oxygens (including phenoxy) is 5. The van der Waals surface area contributed by atoms with E-state index in [2.05, 4.69) is 6.07 Å². The first-order valence-corrected chi connectivity index (χ1v) is 10.4. The van der Waals surface area contributed by atoms with Gasteiger partial charge in [-0.1, -0.05) is 18.2 Å². The van der Waals surface area contributed by atoms with Crippen LogP contribution in [0.3, 0.4) is 0 Å². The summed E-state index contributed by atoms with van der Waals surface area (Å²) >= 11 is 0. The van der Waals surface area contributed by atoms with Crippen molar-refractivity contribution in [3.05, 3.63) is 53.6 Å². The average molecular weight is 458 g/mol. The lowest BCUT2D eigenvalue weighted by Crippen LogP contribution is -2.57. The van der Waals surface area contributed by atoms with Crippen LogP contribution >= 0.6 is 0 Å². The Balaban J connectivity index is 2.05. The predicted octanol–water partition coefficient (Wildman–Crippen LogP) is 3.83. The van der Waals surface area contributed by atoms with Crippen LogP contribution < -0.4 is 14.2 Å². The molecule has 9 heteroatoms. The Labute approximate surface area is 197 Å². The monoisotopic (exact) mass is 458 g/mol. The molecule has 34 heavy (non-hydrogen) atoms. The van der Waals surface area contributed by atoms with Gasteiger partial charge in [0, 0.05) is 18.6 Å². The fourth-order valence-corrected chi connectivity index (χ4v) is 5.14. The number of hydrogen-bond acceptors (Lipinski definition) is 9. The van der Waals surface area contributed by atoms with Gasteiger partial charge in [0.2, 0.25) is 17.1 Å². The highest BCUT2D eigenvalue weighted by Crippen LogP contribution is 2.70. The van der Waals surface area contributed by atoms with Crippen LogP contribution in [0.4, 0.5) is 0 Å². The van der Waals surface area contributed by atoms with Crippen molar-refractivity contribution in [3.63, 3.8) is 0 Å². The average Bonchev–Trinajstić information content (AvgIpc) is 3.05. The summed E-state index contributed by atoms with van der Waals surface area (Å²) in [6, 6.07) is 18.0. The van der Waals surface area contributed by atoms with Gasteiger partial charge in [-0.05, 0) is 23.8 Å². The number of benzene rings is 2. The zero-order valence-corrected chi connectivity index (χ0v) is 19.1. The highest BCUT2D eigenvalue weighted by atomic mass is 16.7. The van der Waals surface area contributed by atoms with E-state index < -0.39 is 34.5 Å². The summed E-state index contributed by atoms with van der Waals surface area (Å²) in [5.41, 5.74) is -3.29. The van der Waals surface area contributed by atoms with Gasteiger partial charge in [-0.2, -0.15) is 15.8 Å². The van der Waals surface area contributed by atoms with Crippen LogP contribution in [0.5, 0.6) is 17.2 Å². The molecule has 0 aliphatic carbocycles. The molecule has 4 unspecified atom stereocenters. The summed E-state index contributed by atoms with van der Waals surface area (Å²) in [6.45, 7) is 1.60. The minimum Gasteiger partial charge on any atom is -0.497 e. The lowest BCUT2D eigenvalue weighted by molar-refractivity contribution is -0.253. The van der Waals surface area contributed by atoms with Crippen molar-refractivity contribution in [2.75, 3.05) is 21.3 Å². The molecule has 2 aromatic rings. The molecule has 172 valence electrons. The lowest BCUT2D eigenvalue weighted by atomic mass is 9.52. The summed E-state index contributed by atoms with van der Waals surface area (Å²) in [4.78, 5) is 0. The molecule has 2 saturated heterocycles. The maximum atomic E-state index is 10.6. The molecule has 9 nitrogen and oxygen atoms in total. The number of para-hydroxylation sites is 1. The molecule has 4 atom stereocenters. The van der Waals surface area contributed by atoms with Crippen LogP contribution in [0, 0.1) is 50.2 Å². The molecule has 2 aromatic carbocycles. The summed E-state index contributed by atoms with van der Waals surface area (Å²) in [6.07, 6.45) is -1.26. The quantitative estimate of drug-likeness (QED) is 0.712. The largest absolute Gasteiger partial charge is 0.497 e. The molecule has 2 aliphatic heterocycles. The predicted molar refractivity (Wildman–Crippen MR) is 118 cm³/mol. The molecule has 1 N–H and O–H groups in total. The first-order valence-electron chi connectivity index (χ1n) is 10.4. The van der Waals surface area contributed by atoms with Crippen molar-refractivity contribution in [3.8, 4) is 35.5 Å². The molecule has 0 radical (unpaired) electrons. The van der Waals surface area contributed by atoms with Crippen molar-refractivity contribution in [1.29, 1.82) is 21.2 Å². The van der Waals surface area contributed by atoms with E-state index in [4.69, 9.17) is 29.1 Å². The van der Waals surface area contributed by atoms with E-state index in [9.17, 15) is 15.8 Å². The van der Waals surface area contributed by atoms with E-state index in [-0.39, 0.29) is 0 Å². The van der Waals surface area contributed by atoms with Crippen molar-refractivity contribution in [1.82, 2.24) is 0 Å². The van der Waals surface area contributed by atoms with Crippen molar-refractivity contribution >= 4 is 5.90 Å². The van der Waals surface area contributed by atoms with Crippen molar-refractivity contribution in [2.45, 2.75) is 24.7 Å². The Kier molecular flexibility index (Phi) is 5.36. The van der Waals surface area contributed by atoms with Gasteiger partial charge in [0.05, 0.1) is 45.5 Å². The smallest absolute Gasteiger partial charge is 0.219 e. The molecule has 2 bridgehead atoms. The third kappa shape index (κ3) is 2.76. The second-order valence-electron chi connectivity index (χ2n) is 8.22. The summed E-state index contributed by atoms with van der Waals surface area (Å²) in [5, 5.41) is 40.3. The minimum atomic E-state index is -2.16. The SMILES string of the molecule is COc1cc(OC)cc(C2OC3(C)OC(=N)C(C#N)(C3c3ccccc3OC)C2(C#N)C#N)c1. The third-order valence-electron chi connectivity index (χ3n) is 6.64. The second-order valence-corrected chi connectivity index (χ2v) is 8.22. The number of rotatable bonds is 5. The van der Waals surface area contributed by atoms with Crippen LogP contribution in [-0.2, 0) is 9.47 Å². The molecule has 2 aliphatic rings. The molecule has 2 heterocycles. The fourth-order valence-electron chi connectivity index (χ4n) is 5.14. The Hall–Kier alpha value is -4.26. The Morgan fingerprint density at radius 3 is 2.06 bits per heavy atom. The number of nitriles is 3. The molecular weight excluding hydrogens is 436 g/mol. The molecular formula is C25H22N4O5. The van der Waals surface area contributed by atoms with Gasteiger partial charge in [-0.3, -0.25) is 5.41 Å². The van der Waals surface area contributed by atoms with E-state index in [1.165, 1.54) is 21.3 Å². The van der Waals surface area contributed by atoms with Gasteiger partial charge < -0.3 is 23.7 Å².